The molecule has 0 aliphatic carbocycles. The molecule has 0 atom stereocenters. The van der Waals surface area contributed by atoms with Gasteiger partial charge < -0.3 is 10.9 Å². The minimum atomic E-state index is -3.22. The number of nitrogens with one attached hydrogen (secondary N) is 1. The molecule has 0 aromatic heterocycles. The minimum Gasteiger partial charge on any atom is -0.409 e. The van der Waals surface area contributed by atoms with Crippen LogP contribution >= 0.6 is 0 Å². The van der Waals surface area contributed by atoms with Gasteiger partial charge in [0, 0.05) is 19.1 Å². The molecule has 21 heavy (non-hydrogen) atoms. The number of nitrogens with zero attached hydrogens (tertiary/aromatic N) is 2. The van der Waals surface area contributed by atoms with Crippen molar-refractivity contribution >= 4 is 15.9 Å². The average molecular weight is 320 g/mol. The Labute approximate surface area is 127 Å². The molecule has 1 saturated heterocycles. The van der Waals surface area contributed by atoms with Crippen molar-refractivity contribution in [2.24, 2.45) is 16.3 Å². The maximum Gasteiger partial charge on any atom is 0.211 e. The third kappa shape index (κ3) is 7.63. The van der Waals surface area contributed by atoms with E-state index < -0.39 is 10.0 Å². The van der Waals surface area contributed by atoms with Gasteiger partial charge in [-0.15, -0.1) is 0 Å². The van der Waals surface area contributed by atoms with Gasteiger partial charge in [0.15, 0.2) is 5.84 Å². The van der Waals surface area contributed by atoms with E-state index in [9.17, 15) is 8.42 Å². The molecule has 1 rings (SSSR count). The van der Waals surface area contributed by atoms with Crippen molar-refractivity contribution in [3.05, 3.63) is 0 Å². The molecule has 0 aromatic carbocycles. The second-order valence-electron chi connectivity index (χ2n) is 6.89. The largest absolute Gasteiger partial charge is 0.409 e. The van der Waals surface area contributed by atoms with Crippen LogP contribution in [0.4, 0.5) is 0 Å². The fourth-order valence-electron chi connectivity index (χ4n) is 2.22. The highest BCUT2D eigenvalue weighted by atomic mass is 32.2. The van der Waals surface area contributed by atoms with Crippen molar-refractivity contribution in [3.63, 3.8) is 0 Å². The first-order valence-electron chi connectivity index (χ1n) is 7.30. The highest BCUT2D eigenvalue weighted by Crippen LogP contribution is 2.19. The summed E-state index contributed by atoms with van der Waals surface area (Å²) in [6.07, 6.45) is 2.13. The van der Waals surface area contributed by atoms with Crippen molar-refractivity contribution in [2.75, 3.05) is 25.4 Å². The number of hydrogen-bond acceptors (Lipinski definition) is 5. The molecule has 1 aliphatic rings. The minimum absolute atomic E-state index is 0.0132. The Bertz CT molecular complexity index is 449. The summed E-state index contributed by atoms with van der Waals surface area (Å²) in [6, 6.07) is -0.0153. The van der Waals surface area contributed by atoms with Crippen LogP contribution < -0.4 is 10.5 Å². The van der Waals surface area contributed by atoms with E-state index in [1.54, 1.807) is 0 Å². The number of sulfonamides is 1. The van der Waals surface area contributed by atoms with Crippen molar-refractivity contribution in [3.8, 4) is 0 Å². The molecule has 0 radical (unpaired) electrons. The normalized spacial score (nSPS) is 19.9. The Kier molecular flexibility index (Phi) is 6.42. The predicted octanol–water partition coefficient (Wildman–Crippen LogP) is 0.553. The fourth-order valence-corrected chi connectivity index (χ4v) is 3.97. The second-order valence-corrected chi connectivity index (χ2v) is 8.76. The Balaban J connectivity index is 2.38. The van der Waals surface area contributed by atoms with Gasteiger partial charge in [-0.1, -0.05) is 25.9 Å². The van der Waals surface area contributed by atoms with Gasteiger partial charge in [-0.2, -0.15) is 0 Å². The molecule has 0 unspecified atom stereocenters. The highest BCUT2D eigenvalue weighted by molar-refractivity contribution is 7.89. The topological polar surface area (TPSA) is 108 Å². The standard InChI is InChI=1S/C13H28N4O3S/c1-13(2,3)6-9-21(19,20)16-11-4-7-17(8-5-11)10-12(14)15-18/h11,16,18H,4-10H2,1-3H3,(H2,14,15). The summed E-state index contributed by atoms with van der Waals surface area (Å²) in [5, 5.41) is 11.5. The number of hydrogen-bond donors (Lipinski definition) is 3. The van der Waals surface area contributed by atoms with Crippen molar-refractivity contribution < 1.29 is 13.6 Å². The summed E-state index contributed by atoms with van der Waals surface area (Å²) in [7, 11) is -3.22. The molecule has 1 fully saturated rings. The summed E-state index contributed by atoms with van der Waals surface area (Å²) >= 11 is 0. The van der Waals surface area contributed by atoms with Crippen LogP contribution in [0, 0.1) is 5.41 Å². The van der Waals surface area contributed by atoms with E-state index in [0.29, 0.717) is 13.0 Å². The van der Waals surface area contributed by atoms with Crippen LogP contribution in [0.15, 0.2) is 5.16 Å². The molecule has 0 spiro atoms. The molecular formula is C13H28N4O3S. The molecule has 0 aromatic rings. The monoisotopic (exact) mass is 320 g/mol. The van der Waals surface area contributed by atoms with Crippen molar-refractivity contribution in [2.45, 2.75) is 46.1 Å². The summed E-state index contributed by atoms with van der Waals surface area (Å²) in [5.74, 6) is 0.347. The lowest BCUT2D eigenvalue weighted by atomic mass is 9.94. The fraction of sp³-hybridized carbons (Fsp3) is 0.923. The number of oxime groups is 1. The molecule has 4 N–H and O–H groups in total. The SMILES string of the molecule is CC(C)(C)CCS(=O)(=O)NC1CCN(CC(N)=NO)CC1. The molecule has 0 saturated carbocycles. The lowest BCUT2D eigenvalue weighted by molar-refractivity contribution is 0.228. The van der Waals surface area contributed by atoms with Gasteiger partial charge in [-0.25, -0.2) is 13.1 Å². The van der Waals surface area contributed by atoms with E-state index >= 15 is 0 Å². The number of piperidine rings is 1. The molecule has 1 aliphatic heterocycles. The second kappa shape index (κ2) is 7.42. The summed E-state index contributed by atoms with van der Waals surface area (Å²) in [5.41, 5.74) is 5.48. The van der Waals surface area contributed by atoms with Gasteiger partial charge >= 0.3 is 0 Å². The van der Waals surface area contributed by atoms with Gasteiger partial charge in [-0.3, -0.25) is 4.90 Å². The van der Waals surface area contributed by atoms with Gasteiger partial charge in [0.2, 0.25) is 10.0 Å². The van der Waals surface area contributed by atoms with Crippen molar-refractivity contribution in [1.29, 1.82) is 0 Å². The van der Waals surface area contributed by atoms with Gasteiger partial charge in [0.25, 0.3) is 0 Å². The van der Waals surface area contributed by atoms with E-state index in [2.05, 4.69) is 14.8 Å². The van der Waals surface area contributed by atoms with E-state index in [0.717, 1.165) is 25.9 Å². The quantitative estimate of drug-likeness (QED) is 0.287. The predicted molar refractivity (Wildman–Crippen MR) is 83.9 cm³/mol. The van der Waals surface area contributed by atoms with Gasteiger partial charge in [0.05, 0.1) is 12.3 Å². The number of rotatable bonds is 6. The summed E-state index contributed by atoms with van der Waals surface area (Å²) in [4.78, 5) is 2.05. The Morgan fingerprint density at radius 2 is 1.95 bits per heavy atom. The highest BCUT2D eigenvalue weighted by Gasteiger charge is 2.25. The first-order valence-corrected chi connectivity index (χ1v) is 8.95. The van der Waals surface area contributed by atoms with Crippen LogP contribution in [0.1, 0.15) is 40.0 Å². The molecule has 124 valence electrons. The van der Waals surface area contributed by atoms with Gasteiger partial charge in [0.1, 0.15) is 0 Å². The van der Waals surface area contributed by atoms with E-state index in [4.69, 9.17) is 10.9 Å². The Hall–Kier alpha value is -0.860. The van der Waals surface area contributed by atoms with Crippen molar-refractivity contribution in [1.82, 2.24) is 9.62 Å². The van der Waals surface area contributed by atoms with Crippen LogP contribution in [0.2, 0.25) is 0 Å². The summed E-state index contributed by atoms with van der Waals surface area (Å²) in [6.45, 7) is 8.00. The maximum atomic E-state index is 12.1. The van der Waals surface area contributed by atoms with Gasteiger partial charge in [-0.05, 0) is 24.7 Å². The summed E-state index contributed by atoms with van der Waals surface area (Å²) < 4.78 is 26.9. The molecule has 0 bridgehead atoms. The lowest BCUT2D eigenvalue weighted by Gasteiger charge is -2.31. The van der Waals surface area contributed by atoms with E-state index in [1.165, 1.54) is 0 Å². The molecule has 7 nitrogen and oxygen atoms in total. The maximum absolute atomic E-state index is 12.1. The molecule has 8 heteroatoms. The first-order chi connectivity index (χ1) is 9.61. The number of amidine groups is 1. The third-order valence-corrected chi connectivity index (χ3v) is 5.00. The van der Waals surface area contributed by atoms with E-state index in [-0.39, 0.29) is 23.0 Å². The number of nitrogens with two attached hydrogens (primary N) is 1. The van der Waals surface area contributed by atoms with Crippen LogP contribution in [-0.4, -0.2) is 55.8 Å². The van der Waals surface area contributed by atoms with Crippen LogP contribution in [0.5, 0.6) is 0 Å². The van der Waals surface area contributed by atoms with Crippen LogP contribution in [-0.2, 0) is 10.0 Å². The third-order valence-electron chi connectivity index (χ3n) is 3.57. The smallest absolute Gasteiger partial charge is 0.211 e. The zero-order valence-electron chi connectivity index (χ0n) is 13.2. The van der Waals surface area contributed by atoms with E-state index in [1.807, 2.05) is 20.8 Å². The lowest BCUT2D eigenvalue weighted by Crippen LogP contribution is -2.47. The van der Waals surface area contributed by atoms with Crippen LogP contribution in [0.3, 0.4) is 0 Å². The molecule has 0 amide bonds. The number of likely N-dealkylation sites (tertiary alicyclic amines) is 1. The zero-order chi connectivity index (χ0) is 16.1. The molecule has 1 heterocycles. The first kappa shape index (κ1) is 18.2. The average Bonchev–Trinajstić information content (AvgIpc) is 2.38. The Morgan fingerprint density at radius 3 is 2.43 bits per heavy atom. The Morgan fingerprint density at radius 1 is 1.38 bits per heavy atom. The zero-order valence-corrected chi connectivity index (χ0v) is 14.0. The molecular weight excluding hydrogens is 292 g/mol. The van der Waals surface area contributed by atoms with Crippen LogP contribution in [0.25, 0.3) is 0 Å².